The topological polar surface area (TPSA) is 58.4 Å². The van der Waals surface area contributed by atoms with Gasteiger partial charge in [-0.1, -0.05) is 24.6 Å². The lowest BCUT2D eigenvalue weighted by molar-refractivity contribution is -0.131. The Labute approximate surface area is 141 Å². The molecule has 0 spiro atoms. The van der Waals surface area contributed by atoms with Crippen LogP contribution < -0.4 is 10.5 Å². The second-order valence-electron chi connectivity index (χ2n) is 6.00. The molecule has 0 atom stereocenters. The maximum absolute atomic E-state index is 12.1. The number of anilines is 1. The van der Waals surface area contributed by atoms with Crippen LogP contribution in [0.1, 0.15) is 18.9 Å². The summed E-state index contributed by atoms with van der Waals surface area (Å²) in [5.41, 5.74) is 1.74. The van der Waals surface area contributed by atoms with Crippen molar-refractivity contribution in [2.45, 2.75) is 20.3 Å². The minimum absolute atomic E-state index is 0.151. The van der Waals surface area contributed by atoms with Gasteiger partial charge in [-0.05, 0) is 25.1 Å². The first-order valence-electron chi connectivity index (χ1n) is 8.28. The van der Waals surface area contributed by atoms with Gasteiger partial charge in [0.15, 0.2) is 0 Å². The summed E-state index contributed by atoms with van der Waals surface area (Å²) < 4.78 is 1.43. The maximum Gasteiger partial charge on any atom is 0.271 e. The van der Waals surface area contributed by atoms with Gasteiger partial charge in [0.05, 0.1) is 5.69 Å². The minimum Gasteiger partial charge on any atom is -0.352 e. The van der Waals surface area contributed by atoms with Gasteiger partial charge in [0, 0.05) is 38.7 Å². The van der Waals surface area contributed by atoms with Crippen LogP contribution in [0.15, 0.2) is 41.2 Å². The summed E-state index contributed by atoms with van der Waals surface area (Å²) in [5.74, 6) is 0.950. The molecule has 1 aromatic carbocycles. The number of carbonyl (C=O) groups excluding carboxylic acids is 1. The van der Waals surface area contributed by atoms with E-state index in [1.54, 1.807) is 12.1 Å². The van der Waals surface area contributed by atoms with E-state index in [0.717, 1.165) is 30.2 Å². The Kier molecular flexibility index (Phi) is 4.64. The summed E-state index contributed by atoms with van der Waals surface area (Å²) in [5, 5.41) is 4.51. The summed E-state index contributed by atoms with van der Waals surface area (Å²) in [4.78, 5) is 27.9. The number of carbonyl (C=O) groups is 1. The smallest absolute Gasteiger partial charge is 0.271 e. The summed E-state index contributed by atoms with van der Waals surface area (Å²) in [6.07, 6.45) is 0.538. The standard InChI is InChI=1S/C18H22N4O2/c1-3-17(23)21-12-10-20(11-13-21)16-8-9-18(24)22(19-16)15-6-4-14(2)5-7-15/h4-9H,3,10-13H2,1-2H3. The van der Waals surface area contributed by atoms with Crippen molar-refractivity contribution in [2.24, 2.45) is 0 Å². The normalized spacial score (nSPS) is 14.8. The van der Waals surface area contributed by atoms with Gasteiger partial charge in [-0.3, -0.25) is 9.59 Å². The second-order valence-corrected chi connectivity index (χ2v) is 6.00. The molecule has 126 valence electrons. The highest BCUT2D eigenvalue weighted by Gasteiger charge is 2.21. The van der Waals surface area contributed by atoms with Gasteiger partial charge >= 0.3 is 0 Å². The third-order valence-corrected chi connectivity index (χ3v) is 4.32. The molecule has 6 heteroatoms. The highest BCUT2D eigenvalue weighted by molar-refractivity contribution is 5.76. The van der Waals surface area contributed by atoms with Crippen LogP contribution in [0.2, 0.25) is 0 Å². The van der Waals surface area contributed by atoms with Crippen molar-refractivity contribution in [3.05, 3.63) is 52.3 Å². The van der Waals surface area contributed by atoms with Crippen molar-refractivity contribution >= 4 is 11.7 Å². The molecule has 0 N–H and O–H groups in total. The molecule has 0 bridgehead atoms. The molecule has 6 nitrogen and oxygen atoms in total. The van der Waals surface area contributed by atoms with E-state index >= 15 is 0 Å². The largest absolute Gasteiger partial charge is 0.352 e. The van der Waals surface area contributed by atoms with Crippen LogP contribution in [0.25, 0.3) is 5.69 Å². The quantitative estimate of drug-likeness (QED) is 0.860. The van der Waals surface area contributed by atoms with Crippen LogP contribution in [-0.2, 0) is 4.79 Å². The van der Waals surface area contributed by atoms with Crippen LogP contribution in [0.4, 0.5) is 5.82 Å². The Bertz CT molecular complexity index is 774. The van der Waals surface area contributed by atoms with Crippen molar-refractivity contribution in [2.75, 3.05) is 31.1 Å². The molecule has 2 heterocycles. The van der Waals surface area contributed by atoms with E-state index in [1.807, 2.05) is 43.0 Å². The van der Waals surface area contributed by atoms with E-state index < -0.39 is 0 Å². The lowest BCUT2D eigenvalue weighted by atomic mass is 10.2. The molecule has 1 amide bonds. The van der Waals surface area contributed by atoms with Gasteiger partial charge in [0.25, 0.3) is 5.56 Å². The Morgan fingerprint density at radius 3 is 2.33 bits per heavy atom. The predicted molar refractivity (Wildman–Crippen MR) is 93.7 cm³/mol. The first-order chi connectivity index (χ1) is 11.6. The van der Waals surface area contributed by atoms with Crippen molar-refractivity contribution in [1.82, 2.24) is 14.7 Å². The molecule has 1 fully saturated rings. The summed E-state index contributed by atoms with van der Waals surface area (Å²) in [6, 6.07) is 11.0. The molecule has 1 aromatic heterocycles. The SMILES string of the molecule is CCC(=O)N1CCN(c2ccc(=O)n(-c3ccc(C)cc3)n2)CC1. The zero-order valence-electron chi connectivity index (χ0n) is 14.1. The van der Waals surface area contributed by atoms with Gasteiger partial charge in [-0.25, -0.2) is 0 Å². The number of nitrogens with zero attached hydrogens (tertiary/aromatic N) is 4. The van der Waals surface area contributed by atoms with E-state index in [2.05, 4.69) is 10.00 Å². The molecular weight excluding hydrogens is 304 g/mol. The number of aryl methyl sites for hydroxylation is 1. The molecule has 0 unspecified atom stereocenters. The van der Waals surface area contributed by atoms with Crippen LogP contribution in [-0.4, -0.2) is 46.8 Å². The number of amides is 1. The Morgan fingerprint density at radius 1 is 1.04 bits per heavy atom. The third-order valence-electron chi connectivity index (χ3n) is 4.32. The zero-order valence-corrected chi connectivity index (χ0v) is 14.1. The Hall–Kier alpha value is -2.63. The Morgan fingerprint density at radius 2 is 1.71 bits per heavy atom. The van der Waals surface area contributed by atoms with Crippen molar-refractivity contribution in [3.63, 3.8) is 0 Å². The number of piperazine rings is 1. The molecule has 3 rings (SSSR count). The third kappa shape index (κ3) is 3.32. The number of hydrogen-bond donors (Lipinski definition) is 0. The molecule has 24 heavy (non-hydrogen) atoms. The zero-order chi connectivity index (χ0) is 17.1. The summed E-state index contributed by atoms with van der Waals surface area (Å²) in [6.45, 7) is 6.73. The van der Waals surface area contributed by atoms with Crippen LogP contribution in [0.3, 0.4) is 0 Å². The summed E-state index contributed by atoms with van der Waals surface area (Å²) >= 11 is 0. The van der Waals surface area contributed by atoms with E-state index in [-0.39, 0.29) is 11.5 Å². The van der Waals surface area contributed by atoms with Crippen LogP contribution in [0, 0.1) is 6.92 Å². The molecule has 2 aromatic rings. The molecule has 1 saturated heterocycles. The van der Waals surface area contributed by atoms with E-state index in [9.17, 15) is 9.59 Å². The maximum atomic E-state index is 12.1. The highest BCUT2D eigenvalue weighted by Crippen LogP contribution is 2.14. The van der Waals surface area contributed by atoms with Gasteiger partial charge in [0.2, 0.25) is 5.91 Å². The minimum atomic E-state index is -0.151. The number of rotatable bonds is 3. The number of benzene rings is 1. The first-order valence-corrected chi connectivity index (χ1v) is 8.28. The molecule has 1 aliphatic rings. The second kappa shape index (κ2) is 6.86. The fourth-order valence-corrected chi connectivity index (χ4v) is 2.85. The van der Waals surface area contributed by atoms with Crippen molar-refractivity contribution in [1.29, 1.82) is 0 Å². The lowest BCUT2D eigenvalue weighted by Crippen LogP contribution is -2.49. The Balaban J connectivity index is 1.81. The fraction of sp³-hybridized carbons (Fsp3) is 0.389. The van der Waals surface area contributed by atoms with Crippen molar-refractivity contribution in [3.8, 4) is 5.69 Å². The van der Waals surface area contributed by atoms with Gasteiger partial charge in [-0.15, -0.1) is 5.10 Å². The molecule has 0 radical (unpaired) electrons. The van der Waals surface area contributed by atoms with Gasteiger partial charge in [-0.2, -0.15) is 4.68 Å². The number of aromatic nitrogens is 2. The fourth-order valence-electron chi connectivity index (χ4n) is 2.85. The lowest BCUT2D eigenvalue weighted by Gasteiger charge is -2.35. The van der Waals surface area contributed by atoms with E-state index in [0.29, 0.717) is 19.5 Å². The van der Waals surface area contributed by atoms with Crippen molar-refractivity contribution < 1.29 is 4.79 Å². The molecular formula is C18H22N4O2. The van der Waals surface area contributed by atoms with E-state index in [4.69, 9.17) is 0 Å². The van der Waals surface area contributed by atoms with Crippen LogP contribution >= 0.6 is 0 Å². The van der Waals surface area contributed by atoms with E-state index in [1.165, 1.54) is 4.68 Å². The molecule has 0 aliphatic carbocycles. The monoisotopic (exact) mass is 326 g/mol. The molecule has 1 aliphatic heterocycles. The predicted octanol–water partition coefficient (Wildman–Crippen LogP) is 1.60. The van der Waals surface area contributed by atoms with Gasteiger partial charge in [0.1, 0.15) is 5.82 Å². The summed E-state index contributed by atoms with van der Waals surface area (Å²) in [7, 11) is 0. The number of hydrogen-bond acceptors (Lipinski definition) is 4. The highest BCUT2D eigenvalue weighted by atomic mass is 16.2. The first kappa shape index (κ1) is 16.2. The molecule has 0 saturated carbocycles. The van der Waals surface area contributed by atoms with Gasteiger partial charge < -0.3 is 9.80 Å². The average Bonchev–Trinajstić information content (AvgIpc) is 2.62. The van der Waals surface area contributed by atoms with Crippen LogP contribution in [0.5, 0.6) is 0 Å². The average molecular weight is 326 g/mol.